The minimum absolute atomic E-state index is 0.0157. The summed E-state index contributed by atoms with van der Waals surface area (Å²) in [5, 5.41) is 5.95. The lowest BCUT2D eigenvalue weighted by molar-refractivity contribution is -0.117. The summed E-state index contributed by atoms with van der Waals surface area (Å²) in [5.74, 6) is -0.133. The first kappa shape index (κ1) is 21.8. The number of nitrogens with one attached hydrogen (secondary N) is 2. The zero-order chi connectivity index (χ0) is 22.7. The van der Waals surface area contributed by atoms with Crippen LogP contribution in [0.25, 0.3) is 0 Å². The van der Waals surface area contributed by atoms with Gasteiger partial charge in [-0.1, -0.05) is 12.1 Å². The molecule has 0 bridgehead atoms. The number of hydrogen-bond donors (Lipinski definition) is 2. The van der Waals surface area contributed by atoms with Gasteiger partial charge in [0.1, 0.15) is 5.82 Å². The molecule has 1 fully saturated rings. The lowest BCUT2D eigenvalue weighted by atomic mass is 10.1. The van der Waals surface area contributed by atoms with Crippen LogP contribution in [-0.4, -0.2) is 38.8 Å². The van der Waals surface area contributed by atoms with Gasteiger partial charge in [-0.3, -0.25) is 14.7 Å². The van der Waals surface area contributed by atoms with Gasteiger partial charge < -0.3 is 10.6 Å². The van der Waals surface area contributed by atoms with Crippen molar-refractivity contribution in [1.82, 2.24) is 19.9 Å². The molecular weight excluding hydrogens is 407 g/mol. The van der Waals surface area contributed by atoms with Crippen molar-refractivity contribution in [2.75, 3.05) is 23.7 Å². The van der Waals surface area contributed by atoms with Crippen LogP contribution < -0.4 is 10.6 Å². The Morgan fingerprint density at radius 2 is 1.78 bits per heavy atom. The number of para-hydroxylation sites is 1. The van der Waals surface area contributed by atoms with Crippen LogP contribution in [0.3, 0.4) is 0 Å². The number of nitrogens with zero attached hydrogens (tertiary/aromatic N) is 4. The molecule has 0 spiro atoms. The van der Waals surface area contributed by atoms with Crippen molar-refractivity contribution in [2.45, 2.75) is 39.7 Å². The van der Waals surface area contributed by atoms with Gasteiger partial charge in [0, 0.05) is 22.8 Å². The molecule has 2 aromatic heterocycles. The summed E-state index contributed by atoms with van der Waals surface area (Å²) in [4.78, 5) is 28.3. The largest absolute Gasteiger partial charge is 0.324 e. The van der Waals surface area contributed by atoms with Crippen molar-refractivity contribution in [1.29, 1.82) is 0 Å². The maximum absolute atomic E-state index is 13.9. The molecule has 1 aliphatic heterocycles. The average Bonchev–Trinajstić information content (AvgIpc) is 3.16. The molecule has 4 rings (SSSR count). The first-order valence-electron chi connectivity index (χ1n) is 10.7. The van der Waals surface area contributed by atoms with E-state index < -0.39 is 5.82 Å². The molecule has 0 saturated carbocycles. The molecule has 1 amide bonds. The van der Waals surface area contributed by atoms with Crippen molar-refractivity contribution in [3.8, 4) is 0 Å². The maximum Gasteiger partial charge on any atom is 0.238 e. The van der Waals surface area contributed by atoms with Gasteiger partial charge in [-0.05, 0) is 70.5 Å². The molecular formula is C24H27FN6O. The number of carbonyl (C=O) groups excluding carboxylic acids is 1. The first-order chi connectivity index (χ1) is 15.4. The number of hydrogen-bond acceptors (Lipinski definition) is 6. The topological polar surface area (TPSA) is 83.0 Å². The fraction of sp³-hybridized carbons (Fsp3) is 0.333. The normalized spacial score (nSPS) is 16.2. The van der Waals surface area contributed by atoms with Crippen molar-refractivity contribution in [3.05, 3.63) is 71.1 Å². The van der Waals surface area contributed by atoms with Crippen molar-refractivity contribution < 1.29 is 9.18 Å². The third-order valence-electron chi connectivity index (χ3n) is 5.41. The molecule has 8 heteroatoms. The first-order valence-corrected chi connectivity index (χ1v) is 10.7. The average molecular weight is 435 g/mol. The van der Waals surface area contributed by atoms with E-state index in [1.807, 2.05) is 39.0 Å². The van der Waals surface area contributed by atoms with Gasteiger partial charge in [-0.25, -0.2) is 14.4 Å². The van der Waals surface area contributed by atoms with Gasteiger partial charge in [0.05, 0.1) is 24.0 Å². The van der Waals surface area contributed by atoms with Crippen LogP contribution in [0.2, 0.25) is 0 Å². The molecule has 1 saturated heterocycles. The SMILES string of the molecule is Cc1cc(Nc2nc(C)cc(C)n2)cc([C@@H]2CCCN2CC(=O)Nc2ccccc2F)n1. The van der Waals surface area contributed by atoms with Gasteiger partial charge >= 0.3 is 0 Å². The number of likely N-dealkylation sites (tertiary alicyclic amines) is 1. The Balaban J connectivity index is 1.49. The molecule has 3 heterocycles. The van der Waals surface area contributed by atoms with Gasteiger partial charge in [0.15, 0.2) is 0 Å². The summed E-state index contributed by atoms with van der Waals surface area (Å²) in [5.41, 5.74) is 4.62. The highest BCUT2D eigenvalue weighted by molar-refractivity contribution is 5.92. The predicted octanol–water partition coefficient (Wildman–Crippen LogP) is 4.46. The minimum Gasteiger partial charge on any atom is -0.324 e. The molecule has 1 aromatic carbocycles. The number of anilines is 3. The monoisotopic (exact) mass is 434 g/mol. The van der Waals surface area contributed by atoms with E-state index >= 15 is 0 Å². The minimum atomic E-state index is -0.441. The van der Waals surface area contributed by atoms with E-state index in [-0.39, 0.29) is 24.2 Å². The Labute approximate surface area is 187 Å². The highest BCUT2D eigenvalue weighted by Crippen LogP contribution is 2.32. The number of rotatable bonds is 6. The zero-order valence-corrected chi connectivity index (χ0v) is 18.5. The molecule has 166 valence electrons. The van der Waals surface area contributed by atoms with Crippen molar-refractivity contribution in [3.63, 3.8) is 0 Å². The van der Waals surface area contributed by atoms with E-state index in [4.69, 9.17) is 4.98 Å². The standard InChI is InChI=1S/C24H27FN6O/c1-15-11-16(2)28-24(27-15)29-18-12-17(3)26-21(13-18)22-9-6-10-31(22)14-23(32)30-20-8-5-4-7-19(20)25/h4-5,7-8,11-13,22H,6,9-10,14H2,1-3H3,(H,30,32)(H,26,27,28,29)/t22-/m0/s1. The second-order valence-electron chi connectivity index (χ2n) is 8.18. The van der Waals surface area contributed by atoms with Crippen LogP contribution in [0.5, 0.6) is 0 Å². The Kier molecular flexibility index (Phi) is 6.41. The number of aryl methyl sites for hydroxylation is 3. The lowest BCUT2D eigenvalue weighted by Gasteiger charge is -2.24. The van der Waals surface area contributed by atoms with E-state index in [2.05, 4.69) is 25.5 Å². The summed E-state index contributed by atoms with van der Waals surface area (Å²) in [6, 6.07) is 12.1. The van der Waals surface area contributed by atoms with Gasteiger partial charge in [0.2, 0.25) is 11.9 Å². The molecule has 0 aliphatic carbocycles. The van der Waals surface area contributed by atoms with E-state index in [0.29, 0.717) is 5.95 Å². The van der Waals surface area contributed by atoms with Gasteiger partial charge in [-0.2, -0.15) is 0 Å². The van der Waals surface area contributed by atoms with Crippen LogP contribution in [0.15, 0.2) is 42.5 Å². The maximum atomic E-state index is 13.9. The summed E-state index contributed by atoms with van der Waals surface area (Å²) in [7, 11) is 0. The third kappa shape index (κ3) is 5.26. The Hall–Kier alpha value is -3.39. The molecule has 0 radical (unpaired) electrons. The van der Waals surface area contributed by atoms with Crippen molar-refractivity contribution in [2.24, 2.45) is 0 Å². The molecule has 3 aromatic rings. The van der Waals surface area contributed by atoms with E-state index in [1.54, 1.807) is 18.2 Å². The molecule has 0 unspecified atom stereocenters. The summed E-state index contributed by atoms with van der Waals surface area (Å²) < 4.78 is 13.9. The van der Waals surface area contributed by atoms with Gasteiger partial charge in [0.25, 0.3) is 0 Å². The van der Waals surface area contributed by atoms with E-state index in [9.17, 15) is 9.18 Å². The summed E-state index contributed by atoms with van der Waals surface area (Å²) in [6.07, 6.45) is 1.87. The fourth-order valence-electron chi connectivity index (χ4n) is 4.14. The second-order valence-corrected chi connectivity index (χ2v) is 8.18. The third-order valence-corrected chi connectivity index (χ3v) is 5.41. The number of halogens is 1. The molecule has 32 heavy (non-hydrogen) atoms. The second kappa shape index (κ2) is 9.40. The number of aromatic nitrogens is 3. The Morgan fingerprint density at radius 3 is 2.53 bits per heavy atom. The van der Waals surface area contributed by atoms with Crippen LogP contribution in [-0.2, 0) is 4.79 Å². The number of benzene rings is 1. The van der Waals surface area contributed by atoms with E-state index in [0.717, 1.165) is 47.8 Å². The molecule has 1 aliphatic rings. The van der Waals surface area contributed by atoms with Crippen LogP contribution >= 0.6 is 0 Å². The highest BCUT2D eigenvalue weighted by atomic mass is 19.1. The van der Waals surface area contributed by atoms with Crippen LogP contribution in [0.4, 0.5) is 21.7 Å². The zero-order valence-electron chi connectivity index (χ0n) is 18.5. The molecule has 7 nitrogen and oxygen atoms in total. The van der Waals surface area contributed by atoms with Crippen molar-refractivity contribution >= 4 is 23.2 Å². The number of pyridine rings is 1. The molecule has 1 atom stereocenters. The lowest BCUT2D eigenvalue weighted by Crippen LogP contribution is -2.33. The Morgan fingerprint density at radius 1 is 1.06 bits per heavy atom. The summed E-state index contributed by atoms with van der Waals surface area (Å²) in [6.45, 7) is 6.78. The highest BCUT2D eigenvalue weighted by Gasteiger charge is 2.29. The Bertz CT molecular complexity index is 1110. The molecule has 2 N–H and O–H groups in total. The smallest absolute Gasteiger partial charge is 0.238 e. The predicted molar refractivity (Wildman–Crippen MR) is 122 cm³/mol. The summed E-state index contributed by atoms with van der Waals surface area (Å²) >= 11 is 0. The number of carbonyl (C=O) groups is 1. The van der Waals surface area contributed by atoms with Gasteiger partial charge in [-0.15, -0.1) is 0 Å². The number of amides is 1. The van der Waals surface area contributed by atoms with E-state index in [1.165, 1.54) is 6.07 Å². The van der Waals surface area contributed by atoms with Crippen LogP contribution in [0, 0.1) is 26.6 Å². The fourth-order valence-corrected chi connectivity index (χ4v) is 4.14. The van der Waals surface area contributed by atoms with Crippen LogP contribution in [0.1, 0.15) is 41.7 Å². The quantitative estimate of drug-likeness (QED) is 0.596.